The third kappa shape index (κ3) is 2.67. The fourth-order valence-corrected chi connectivity index (χ4v) is 2.56. The SMILES string of the molecule is CC1(c2nc(Cc3ccc(O)cc3)no2)CCNCC1. The molecule has 0 aliphatic carbocycles. The Hall–Kier alpha value is -1.88. The fourth-order valence-electron chi connectivity index (χ4n) is 2.56. The molecule has 0 saturated carbocycles. The zero-order chi connectivity index (χ0) is 14.0. The van der Waals surface area contributed by atoms with Crippen LogP contribution < -0.4 is 5.32 Å². The molecule has 1 aromatic carbocycles. The van der Waals surface area contributed by atoms with Crippen molar-refractivity contribution in [1.82, 2.24) is 15.5 Å². The van der Waals surface area contributed by atoms with Gasteiger partial charge in [0.15, 0.2) is 5.82 Å². The van der Waals surface area contributed by atoms with E-state index in [9.17, 15) is 5.11 Å². The average molecular weight is 273 g/mol. The predicted octanol–water partition coefficient (Wildman–Crippen LogP) is 2.01. The van der Waals surface area contributed by atoms with Gasteiger partial charge in [-0.1, -0.05) is 24.2 Å². The van der Waals surface area contributed by atoms with E-state index in [0.29, 0.717) is 12.2 Å². The number of nitrogens with one attached hydrogen (secondary N) is 1. The van der Waals surface area contributed by atoms with Gasteiger partial charge in [-0.15, -0.1) is 0 Å². The van der Waals surface area contributed by atoms with Gasteiger partial charge in [-0.25, -0.2) is 0 Å². The minimum Gasteiger partial charge on any atom is -0.508 e. The Kier molecular flexibility index (Phi) is 3.44. The van der Waals surface area contributed by atoms with Crippen molar-refractivity contribution in [3.05, 3.63) is 41.5 Å². The van der Waals surface area contributed by atoms with Crippen LogP contribution in [0.5, 0.6) is 5.75 Å². The Morgan fingerprint density at radius 3 is 2.65 bits per heavy atom. The topological polar surface area (TPSA) is 71.2 Å². The van der Waals surface area contributed by atoms with Gasteiger partial charge in [-0.3, -0.25) is 0 Å². The molecule has 0 radical (unpaired) electrons. The quantitative estimate of drug-likeness (QED) is 0.895. The molecular weight excluding hydrogens is 254 g/mol. The van der Waals surface area contributed by atoms with Crippen molar-refractivity contribution < 1.29 is 9.63 Å². The van der Waals surface area contributed by atoms with Crippen LogP contribution in [0.25, 0.3) is 0 Å². The van der Waals surface area contributed by atoms with Gasteiger partial charge in [-0.2, -0.15) is 4.98 Å². The molecule has 0 unspecified atom stereocenters. The van der Waals surface area contributed by atoms with Gasteiger partial charge in [-0.05, 0) is 43.6 Å². The largest absolute Gasteiger partial charge is 0.508 e. The zero-order valence-electron chi connectivity index (χ0n) is 11.6. The Morgan fingerprint density at radius 1 is 1.25 bits per heavy atom. The molecule has 106 valence electrons. The Bertz CT molecular complexity index is 571. The second-order valence-electron chi connectivity index (χ2n) is 5.67. The van der Waals surface area contributed by atoms with Crippen molar-refractivity contribution in [3.63, 3.8) is 0 Å². The number of piperidine rings is 1. The lowest BCUT2D eigenvalue weighted by Crippen LogP contribution is -2.37. The molecule has 0 bridgehead atoms. The first-order valence-electron chi connectivity index (χ1n) is 6.97. The molecule has 1 fully saturated rings. The van der Waals surface area contributed by atoms with Crippen LogP contribution in [0.3, 0.4) is 0 Å². The van der Waals surface area contributed by atoms with Crippen molar-refractivity contribution >= 4 is 0 Å². The van der Waals surface area contributed by atoms with Crippen LogP contribution in [0, 0.1) is 0 Å². The summed E-state index contributed by atoms with van der Waals surface area (Å²) in [5.41, 5.74) is 1.05. The molecule has 20 heavy (non-hydrogen) atoms. The van der Waals surface area contributed by atoms with E-state index in [2.05, 4.69) is 22.4 Å². The molecule has 1 aliphatic rings. The molecule has 1 aliphatic heterocycles. The highest BCUT2D eigenvalue weighted by atomic mass is 16.5. The summed E-state index contributed by atoms with van der Waals surface area (Å²) >= 11 is 0. The van der Waals surface area contributed by atoms with E-state index < -0.39 is 0 Å². The van der Waals surface area contributed by atoms with Crippen LogP contribution in [0.4, 0.5) is 0 Å². The van der Waals surface area contributed by atoms with Gasteiger partial charge in [0.1, 0.15) is 5.75 Å². The lowest BCUT2D eigenvalue weighted by atomic mass is 9.81. The van der Waals surface area contributed by atoms with Gasteiger partial charge in [0.2, 0.25) is 5.89 Å². The number of rotatable bonds is 3. The fraction of sp³-hybridized carbons (Fsp3) is 0.467. The summed E-state index contributed by atoms with van der Waals surface area (Å²) < 4.78 is 5.46. The molecule has 2 N–H and O–H groups in total. The first-order valence-corrected chi connectivity index (χ1v) is 6.97. The maximum Gasteiger partial charge on any atom is 0.232 e. The van der Waals surface area contributed by atoms with Crippen molar-refractivity contribution in [1.29, 1.82) is 0 Å². The molecule has 0 spiro atoms. The molecule has 1 aromatic heterocycles. The van der Waals surface area contributed by atoms with Crippen LogP contribution in [0.1, 0.15) is 37.0 Å². The molecule has 1 saturated heterocycles. The standard InChI is InChI=1S/C15H19N3O2/c1-15(6-8-16-9-7-15)14-17-13(18-20-14)10-11-2-4-12(19)5-3-11/h2-5,16,19H,6-10H2,1H3. The molecule has 5 nitrogen and oxygen atoms in total. The number of phenols is 1. The minimum atomic E-state index is -0.00848. The van der Waals surface area contributed by atoms with E-state index in [1.165, 1.54) is 0 Å². The predicted molar refractivity (Wildman–Crippen MR) is 74.7 cm³/mol. The Labute approximate surface area is 118 Å². The highest BCUT2D eigenvalue weighted by Gasteiger charge is 2.34. The number of nitrogens with zero attached hydrogens (tertiary/aromatic N) is 2. The van der Waals surface area contributed by atoms with Crippen molar-refractivity contribution in [2.75, 3.05) is 13.1 Å². The van der Waals surface area contributed by atoms with E-state index in [0.717, 1.165) is 37.4 Å². The van der Waals surface area contributed by atoms with Crippen LogP contribution >= 0.6 is 0 Å². The first kappa shape index (κ1) is 13.1. The van der Waals surface area contributed by atoms with Crippen LogP contribution in [0.2, 0.25) is 0 Å². The van der Waals surface area contributed by atoms with Gasteiger partial charge in [0.05, 0.1) is 0 Å². The van der Waals surface area contributed by atoms with Crippen LogP contribution in [-0.2, 0) is 11.8 Å². The summed E-state index contributed by atoms with van der Waals surface area (Å²) in [5, 5.41) is 16.7. The number of aromatic nitrogens is 2. The van der Waals surface area contributed by atoms with Crippen LogP contribution in [0.15, 0.2) is 28.8 Å². The molecule has 0 atom stereocenters. The zero-order valence-corrected chi connectivity index (χ0v) is 11.6. The number of benzene rings is 1. The lowest BCUT2D eigenvalue weighted by Gasteiger charge is -2.30. The summed E-state index contributed by atoms with van der Waals surface area (Å²) in [5.74, 6) is 1.71. The van der Waals surface area contributed by atoms with Gasteiger partial charge < -0.3 is 14.9 Å². The summed E-state index contributed by atoms with van der Waals surface area (Å²) in [6.45, 7) is 4.17. The number of hydrogen-bond donors (Lipinski definition) is 2. The summed E-state index contributed by atoms with van der Waals surface area (Å²) in [4.78, 5) is 4.56. The maximum absolute atomic E-state index is 9.28. The van der Waals surface area contributed by atoms with Crippen molar-refractivity contribution in [2.45, 2.75) is 31.6 Å². The van der Waals surface area contributed by atoms with E-state index in [1.807, 2.05) is 12.1 Å². The average Bonchev–Trinajstić information content (AvgIpc) is 2.92. The number of phenolic OH excluding ortho intramolecular Hbond substituents is 1. The number of aromatic hydroxyl groups is 1. The normalized spacial score (nSPS) is 18.1. The highest BCUT2D eigenvalue weighted by molar-refractivity contribution is 5.27. The van der Waals surface area contributed by atoms with E-state index in [4.69, 9.17) is 4.52 Å². The van der Waals surface area contributed by atoms with Crippen molar-refractivity contribution in [3.8, 4) is 5.75 Å². The second-order valence-corrected chi connectivity index (χ2v) is 5.67. The van der Waals surface area contributed by atoms with Crippen LogP contribution in [-0.4, -0.2) is 28.3 Å². The molecule has 2 heterocycles. The highest BCUT2D eigenvalue weighted by Crippen LogP contribution is 2.31. The van der Waals surface area contributed by atoms with E-state index in [1.54, 1.807) is 12.1 Å². The summed E-state index contributed by atoms with van der Waals surface area (Å²) in [6, 6.07) is 7.09. The summed E-state index contributed by atoms with van der Waals surface area (Å²) in [7, 11) is 0. The molecule has 3 rings (SSSR count). The summed E-state index contributed by atoms with van der Waals surface area (Å²) in [6.07, 6.45) is 2.67. The monoisotopic (exact) mass is 273 g/mol. The van der Waals surface area contributed by atoms with E-state index >= 15 is 0 Å². The Balaban J connectivity index is 1.74. The molecular formula is C15H19N3O2. The lowest BCUT2D eigenvalue weighted by molar-refractivity contribution is 0.240. The number of hydrogen-bond acceptors (Lipinski definition) is 5. The Morgan fingerprint density at radius 2 is 1.95 bits per heavy atom. The van der Waals surface area contributed by atoms with E-state index in [-0.39, 0.29) is 11.2 Å². The third-order valence-electron chi connectivity index (χ3n) is 3.99. The molecule has 5 heteroatoms. The van der Waals surface area contributed by atoms with Gasteiger partial charge >= 0.3 is 0 Å². The molecule has 2 aromatic rings. The third-order valence-corrected chi connectivity index (χ3v) is 3.99. The van der Waals surface area contributed by atoms with Gasteiger partial charge in [0.25, 0.3) is 0 Å². The first-order chi connectivity index (χ1) is 9.66. The second kappa shape index (κ2) is 5.25. The maximum atomic E-state index is 9.28. The van der Waals surface area contributed by atoms with Crippen molar-refractivity contribution in [2.24, 2.45) is 0 Å². The smallest absolute Gasteiger partial charge is 0.232 e. The minimum absolute atomic E-state index is 0.00848. The van der Waals surface area contributed by atoms with Gasteiger partial charge in [0, 0.05) is 11.8 Å². The molecule has 0 amide bonds.